The quantitative estimate of drug-likeness (QED) is 0.704. The molecule has 0 aromatic heterocycles. The van der Waals surface area contributed by atoms with Gasteiger partial charge in [0, 0.05) is 12.5 Å². The molecule has 0 aliphatic rings. The van der Waals surface area contributed by atoms with Gasteiger partial charge in [-0.25, -0.2) is 12.8 Å². The van der Waals surface area contributed by atoms with Crippen LogP contribution in [0.1, 0.15) is 12.8 Å². The van der Waals surface area contributed by atoms with E-state index in [1.807, 2.05) is 0 Å². The molecule has 0 aliphatic carbocycles. The number of carbonyl (C=O) groups excluding carboxylic acids is 1. The minimum Gasteiger partial charge on any atom is -0.493 e. The highest BCUT2D eigenvalue weighted by Crippen LogP contribution is 2.22. The molecular weight excluding hydrogens is 347 g/mol. The van der Waals surface area contributed by atoms with E-state index in [9.17, 15) is 17.6 Å². The second-order valence-electron chi connectivity index (χ2n) is 5.38. The van der Waals surface area contributed by atoms with Crippen molar-refractivity contribution in [1.29, 1.82) is 0 Å². The highest BCUT2D eigenvalue weighted by atomic mass is 32.2. The Hall–Kier alpha value is -2.61. The lowest BCUT2D eigenvalue weighted by Gasteiger charge is -2.12. The van der Waals surface area contributed by atoms with Crippen LogP contribution in [0.5, 0.6) is 5.75 Å². The lowest BCUT2D eigenvalue weighted by molar-refractivity contribution is -0.116. The summed E-state index contributed by atoms with van der Waals surface area (Å²) in [6.07, 6.45) is 1.65. The molecule has 2 aromatic carbocycles. The van der Waals surface area contributed by atoms with Gasteiger partial charge in [-0.1, -0.05) is 18.2 Å². The van der Waals surface area contributed by atoms with E-state index in [0.29, 0.717) is 23.5 Å². The van der Waals surface area contributed by atoms with Crippen LogP contribution in [0.25, 0.3) is 0 Å². The topological polar surface area (TPSA) is 84.5 Å². The number of hydrogen-bond donors (Lipinski definition) is 2. The zero-order valence-electron chi connectivity index (χ0n) is 13.7. The SMILES string of the molecule is CS(=O)(=O)Nc1ccccc1NC(=O)CCCOc1cccc(F)c1. The first-order valence-electron chi connectivity index (χ1n) is 7.58. The smallest absolute Gasteiger partial charge is 0.229 e. The van der Waals surface area contributed by atoms with Crippen LogP contribution in [0.2, 0.25) is 0 Å². The molecule has 2 N–H and O–H groups in total. The minimum absolute atomic E-state index is 0.183. The highest BCUT2D eigenvalue weighted by molar-refractivity contribution is 7.92. The van der Waals surface area contributed by atoms with E-state index in [1.165, 1.54) is 12.1 Å². The van der Waals surface area contributed by atoms with Crippen molar-refractivity contribution in [2.24, 2.45) is 0 Å². The zero-order valence-corrected chi connectivity index (χ0v) is 14.5. The van der Waals surface area contributed by atoms with Crippen LogP contribution in [-0.4, -0.2) is 27.2 Å². The van der Waals surface area contributed by atoms with Crippen LogP contribution < -0.4 is 14.8 Å². The third-order valence-corrected chi connectivity index (χ3v) is 3.70. The van der Waals surface area contributed by atoms with Crippen LogP contribution in [0, 0.1) is 5.82 Å². The van der Waals surface area contributed by atoms with Crippen LogP contribution >= 0.6 is 0 Å². The van der Waals surface area contributed by atoms with Crippen LogP contribution in [0.15, 0.2) is 48.5 Å². The van der Waals surface area contributed by atoms with Crippen molar-refractivity contribution in [2.45, 2.75) is 12.8 Å². The lowest BCUT2D eigenvalue weighted by atomic mass is 10.2. The van der Waals surface area contributed by atoms with Crippen LogP contribution in [0.3, 0.4) is 0 Å². The van der Waals surface area contributed by atoms with Gasteiger partial charge in [-0.05, 0) is 30.7 Å². The molecule has 0 spiro atoms. The number of rotatable bonds is 8. The summed E-state index contributed by atoms with van der Waals surface area (Å²) in [4.78, 5) is 12.0. The first kappa shape index (κ1) is 18.7. The van der Waals surface area contributed by atoms with Gasteiger partial charge < -0.3 is 10.1 Å². The molecule has 0 radical (unpaired) electrons. The van der Waals surface area contributed by atoms with Gasteiger partial charge in [-0.15, -0.1) is 0 Å². The molecule has 0 saturated heterocycles. The average Bonchev–Trinajstić information content (AvgIpc) is 2.52. The van der Waals surface area contributed by atoms with Gasteiger partial charge in [-0.2, -0.15) is 0 Å². The summed E-state index contributed by atoms with van der Waals surface area (Å²) >= 11 is 0. The van der Waals surface area contributed by atoms with Crippen molar-refractivity contribution in [3.63, 3.8) is 0 Å². The summed E-state index contributed by atoms with van der Waals surface area (Å²) in [5, 5.41) is 2.66. The largest absolute Gasteiger partial charge is 0.493 e. The minimum atomic E-state index is -3.44. The highest BCUT2D eigenvalue weighted by Gasteiger charge is 2.09. The first-order valence-corrected chi connectivity index (χ1v) is 9.48. The van der Waals surface area contributed by atoms with E-state index in [4.69, 9.17) is 4.74 Å². The Bertz CT molecular complexity index is 840. The van der Waals surface area contributed by atoms with Crippen molar-refractivity contribution in [2.75, 3.05) is 22.9 Å². The second-order valence-corrected chi connectivity index (χ2v) is 7.13. The normalized spacial score (nSPS) is 11.0. The number of nitrogens with one attached hydrogen (secondary N) is 2. The third-order valence-electron chi connectivity index (χ3n) is 3.11. The summed E-state index contributed by atoms with van der Waals surface area (Å²) in [7, 11) is -3.44. The number of ether oxygens (including phenoxy) is 1. The summed E-state index contributed by atoms with van der Waals surface area (Å²) in [6.45, 7) is 0.264. The molecule has 0 heterocycles. The fraction of sp³-hybridized carbons (Fsp3) is 0.235. The van der Waals surface area contributed by atoms with E-state index in [1.54, 1.807) is 36.4 Å². The third kappa shape index (κ3) is 6.80. The molecule has 0 unspecified atom stereocenters. The summed E-state index contributed by atoms with van der Waals surface area (Å²) < 4.78 is 43.4. The Labute approximate surface area is 146 Å². The van der Waals surface area contributed by atoms with E-state index >= 15 is 0 Å². The molecule has 0 aliphatic heterocycles. The number of hydrogen-bond acceptors (Lipinski definition) is 4. The molecule has 0 bridgehead atoms. The second kappa shape index (κ2) is 8.48. The molecule has 2 aromatic rings. The number of amides is 1. The predicted octanol–water partition coefficient (Wildman–Crippen LogP) is 2.99. The Morgan fingerprint density at radius 3 is 2.52 bits per heavy atom. The van der Waals surface area contributed by atoms with Gasteiger partial charge in [0.1, 0.15) is 11.6 Å². The Morgan fingerprint density at radius 2 is 1.84 bits per heavy atom. The van der Waals surface area contributed by atoms with Crippen molar-refractivity contribution in [1.82, 2.24) is 0 Å². The number of carbonyl (C=O) groups is 1. The number of halogens is 1. The molecular formula is C17H19FN2O4S. The van der Waals surface area contributed by atoms with Crippen molar-refractivity contribution >= 4 is 27.3 Å². The van der Waals surface area contributed by atoms with Gasteiger partial charge in [0.25, 0.3) is 0 Å². The molecule has 2 rings (SSSR count). The Balaban J connectivity index is 1.82. The fourth-order valence-corrected chi connectivity index (χ4v) is 2.65. The lowest BCUT2D eigenvalue weighted by Crippen LogP contribution is -2.16. The number of anilines is 2. The number of benzene rings is 2. The predicted molar refractivity (Wildman–Crippen MR) is 94.7 cm³/mol. The van der Waals surface area contributed by atoms with Gasteiger partial charge >= 0.3 is 0 Å². The number of para-hydroxylation sites is 2. The molecule has 8 heteroatoms. The van der Waals surface area contributed by atoms with E-state index in [2.05, 4.69) is 10.0 Å². The molecule has 1 amide bonds. The fourth-order valence-electron chi connectivity index (χ4n) is 2.07. The van der Waals surface area contributed by atoms with Gasteiger partial charge in [0.05, 0.1) is 24.2 Å². The maximum Gasteiger partial charge on any atom is 0.229 e. The van der Waals surface area contributed by atoms with Crippen molar-refractivity contribution < 1.29 is 22.3 Å². The zero-order chi connectivity index (χ0) is 18.3. The first-order chi connectivity index (χ1) is 11.8. The molecule has 0 saturated carbocycles. The van der Waals surface area contributed by atoms with Crippen molar-refractivity contribution in [3.05, 3.63) is 54.3 Å². The van der Waals surface area contributed by atoms with Crippen LogP contribution in [0.4, 0.5) is 15.8 Å². The Morgan fingerprint density at radius 1 is 1.12 bits per heavy atom. The van der Waals surface area contributed by atoms with E-state index in [0.717, 1.165) is 6.26 Å². The molecule has 0 atom stereocenters. The maximum absolute atomic E-state index is 13.0. The van der Waals surface area contributed by atoms with Crippen LogP contribution in [-0.2, 0) is 14.8 Å². The molecule has 25 heavy (non-hydrogen) atoms. The van der Waals surface area contributed by atoms with Gasteiger partial charge in [0.2, 0.25) is 15.9 Å². The average molecular weight is 366 g/mol. The van der Waals surface area contributed by atoms with E-state index < -0.39 is 10.0 Å². The monoisotopic (exact) mass is 366 g/mol. The number of sulfonamides is 1. The summed E-state index contributed by atoms with van der Waals surface area (Å²) in [5.74, 6) is -0.251. The molecule has 6 nitrogen and oxygen atoms in total. The standard InChI is InChI=1S/C17H19FN2O4S/c1-25(22,23)20-16-9-3-2-8-15(16)19-17(21)10-5-11-24-14-7-4-6-13(18)12-14/h2-4,6-9,12,20H,5,10-11H2,1H3,(H,19,21). The molecule has 0 fully saturated rings. The Kier molecular flexibility index (Phi) is 6.35. The van der Waals surface area contributed by atoms with E-state index in [-0.39, 0.29) is 24.8 Å². The maximum atomic E-state index is 13.0. The van der Waals surface area contributed by atoms with Gasteiger partial charge in [-0.3, -0.25) is 9.52 Å². The summed E-state index contributed by atoms with van der Waals surface area (Å²) in [6, 6.07) is 12.3. The molecule has 134 valence electrons. The van der Waals surface area contributed by atoms with Crippen molar-refractivity contribution in [3.8, 4) is 5.75 Å². The van der Waals surface area contributed by atoms with Gasteiger partial charge in [0.15, 0.2) is 0 Å². The summed E-state index contributed by atoms with van der Waals surface area (Å²) in [5.41, 5.74) is 0.679.